The highest BCUT2D eigenvalue weighted by Crippen LogP contribution is 2.40. The summed E-state index contributed by atoms with van der Waals surface area (Å²) < 4.78 is 5.46. The minimum atomic E-state index is -1.05. The Morgan fingerprint density at radius 1 is 1.14 bits per heavy atom. The minimum absolute atomic E-state index is 0.294. The molecule has 1 saturated heterocycles. The SMILES string of the molecule is O=C(O)[C@@H]1[C@H](C(=O)Nc2ccc(Cl)cc2Cl)[C@@H]2C=C[C@@H]1O2. The molecule has 2 bridgehead atoms. The number of halogens is 2. The number of carbonyl (C=O) groups excluding carboxylic acids is 1. The highest BCUT2D eigenvalue weighted by atomic mass is 35.5. The number of nitrogens with one attached hydrogen (secondary N) is 1. The number of rotatable bonds is 3. The van der Waals surface area contributed by atoms with Gasteiger partial charge in [0.05, 0.1) is 28.8 Å². The summed E-state index contributed by atoms with van der Waals surface area (Å²) in [7, 11) is 0. The van der Waals surface area contributed by atoms with Crippen LogP contribution in [0.15, 0.2) is 30.4 Å². The molecule has 0 saturated carbocycles. The molecule has 1 fully saturated rings. The number of hydrogen-bond acceptors (Lipinski definition) is 3. The number of carbonyl (C=O) groups is 2. The van der Waals surface area contributed by atoms with Crippen molar-refractivity contribution >= 4 is 40.8 Å². The number of fused-ring (bicyclic) bond motifs is 2. The van der Waals surface area contributed by atoms with Crippen LogP contribution in [0, 0.1) is 11.8 Å². The number of aliphatic carboxylic acids is 1. The van der Waals surface area contributed by atoms with E-state index in [0.717, 1.165) is 0 Å². The maximum atomic E-state index is 12.4. The van der Waals surface area contributed by atoms with Crippen LogP contribution in [-0.4, -0.2) is 29.2 Å². The summed E-state index contributed by atoms with van der Waals surface area (Å²) in [6.45, 7) is 0. The van der Waals surface area contributed by atoms with Crippen molar-refractivity contribution in [2.45, 2.75) is 12.2 Å². The smallest absolute Gasteiger partial charge is 0.310 e. The first-order valence-electron chi connectivity index (χ1n) is 6.30. The molecule has 110 valence electrons. The van der Waals surface area contributed by atoms with Gasteiger partial charge in [-0.3, -0.25) is 9.59 Å². The molecule has 0 radical (unpaired) electrons. The number of hydrogen-bond donors (Lipinski definition) is 2. The van der Waals surface area contributed by atoms with Gasteiger partial charge in [0.15, 0.2) is 0 Å². The maximum absolute atomic E-state index is 12.4. The third kappa shape index (κ3) is 2.52. The number of carboxylic acid groups (broad SMARTS) is 1. The van der Waals surface area contributed by atoms with Gasteiger partial charge in [0.1, 0.15) is 5.92 Å². The molecule has 2 N–H and O–H groups in total. The maximum Gasteiger partial charge on any atom is 0.310 e. The van der Waals surface area contributed by atoms with Gasteiger partial charge in [0, 0.05) is 5.02 Å². The van der Waals surface area contributed by atoms with E-state index in [-0.39, 0.29) is 0 Å². The van der Waals surface area contributed by atoms with E-state index in [2.05, 4.69) is 5.32 Å². The minimum Gasteiger partial charge on any atom is -0.481 e. The lowest BCUT2D eigenvalue weighted by Gasteiger charge is -2.21. The Kier molecular flexibility index (Phi) is 3.65. The number of anilines is 1. The molecule has 0 unspecified atom stereocenters. The summed E-state index contributed by atoms with van der Waals surface area (Å²) >= 11 is 11.8. The molecule has 3 rings (SSSR count). The Balaban J connectivity index is 1.82. The van der Waals surface area contributed by atoms with E-state index in [9.17, 15) is 14.7 Å². The Labute approximate surface area is 130 Å². The molecule has 21 heavy (non-hydrogen) atoms. The van der Waals surface area contributed by atoms with Gasteiger partial charge in [0.2, 0.25) is 5.91 Å². The van der Waals surface area contributed by atoms with Gasteiger partial charge in [-0.2, -0.15) is 0 Å². The Morgan fingerprint density at radius 3 is 2.43 bits per heavy atom. The first-order valence-corrected chi connectivity index (χ1v) is 7.05. The fourth-order valence-electron chi connectivity index (χ4n) is 2.72. The quantitative estimate of drug-likeness (QED) is 0.836. The van der Waals surface area contributed by atoms with Gasteiger partial charge < -0.3 is 15.2 Å². The van der Waals surface area contributed by atoms with Crippen molar-refractivity contribution in [3.8, 4) is 0 Å². The van der Waals surface area contributed by atoms with E-state index in [1.165, 1.54) is 6.07 Å². The Hall–Kier alpha value is -1.56. The number of amides is 1. The highest BCUT2D eigenvalue weighted by molar-refractivity contribution is 6.36. The Morgan fingerprint density at radius 2 is 1.81 bits per heavy atom. The van der Waals surface area contributed by atoms with Crippen LogP contribution in [0.2, 0.25) is 10.0 Å². The molecule has 2 heterocycles. The van der Waals surface area contributed by atoms with Crippen LogP contribution in [0.5, 0.6) is 0 Å². The normalized spacial score (nSPS) is 29.6. The van der Waals surface area contributed by atoms with Gasteiger partial charge in [-0.1, -0.05) is 35.4 Å². The fraction of sp³-hybridized carbons (Fsp3) is 0.286. The lowest BCUT2D eigenvalue weighted by atomic mass is 9.82. The summed E-state index contributed by atoms with van der Waals surface area (Å²) in [4.78, 5) is 23.7. The average Bonchev–Trinajstić information content (AvgIpc) is 3.02. The first kappa shape index (κ1) is 14.4. The predicted octanol–water partition coefficient (Wildman–Crippen LogP) is 2.59. The fourth-order valence-corrected chi connectivity index (χ4v) is 3.18. The summed E-state index contributed by atoms with van der Waals surface area (Å²) in [5.41, 5.74) is 0.391. The first-order chi connectivity index (χ1) is 9.97. The third-order valence-corrected chi connectivity index (χ3v) is 4.22. The van der Waals surface area contributed by atoms with Crippen LogP contribution in [0.1, 0.15) is 0 Å². The molecule has 7 heteroatoms. The van der Waals surface area contributed by atoms with E-state index >= 15 is 0 Å². The van der Waals surface area contributed by atoms with Crippen molar-refractivity contribution in [2.75, 3.05) is 5.32 Å². The summed E-state index contributed by atoms with van der Waals surface area (Å²) in [5.74, 6) is -3.13. The van der Waals surface area contributed by atoms with Crippen LogP contribution < -0.4 is 5.32 Å². The largest absolute Gasteiger partial charge is 0.481 e. The van der Waals surface area contributed by atoms with Gasteiger partial charge in [-0.25, -0.2) is 0 Å². The van der Waals surface area contributed by atoms with E-state index in [1.807, 2.05) is 0 Å². The van der Waals surface area contributed by atoms with E-state index in [1.54, 1.807) is 24.3 Å². The topological polar surface area (TPSA) is 75.6 Å². The summed E-state index contributed by atoms with van der Waals surface area (Å²) in [6, 6.07) is 4.67. The van der Waals surface area contributed by atoms with Gasteiger partial charge in [-0.15, -0.1) is 0 Å². The molecule has 4 atom stereocenters. The molecule has 1 aromatic rings. The van der Waals surface area contributed by atoms with Crippen molar-refractivity contribution in [3.63, 3.8) is 0 Å². The van der Waals surface area contributed by atoms with Gasteiger partial charge >= 0.3 is 5.97 Å². The Bertz CT molecular complexity index is 646. The molecule has 0 aromatic heterocycles. The molecule has 0 spiro atoms. The molecule has 2 aliphatic rings. The van der Waals surface area contributed by atoms with Gasteiger partial charge in [0.25, 0.3) is 0 Å². The van der Waals surface area contributed by atoms with Crippen LogP contribution in [0.3, 0.4) is 0 Å². The van der Waals surface area contributed by atoms with Crippen molar-refractivity contribution in [1.82, 2.24) is 0 Å². The number of ether oxygens (including phenoxy) is 1. The van der Waals surface area contributed by atoms with Crippen molar-refractivity contribution in [2.24, 2.45) is 11.8 Å². The second-order valence-corrected chi connectivity index (χ2v) is 5.80. The van der Waals surface area contributed by atoms with Crippen LogP contribution >= 0.6 is 23.2 Å². The van der Waals surface area contributed by atoms with E-state index < -0.39 is 35.9 Å². The molecule has 2 aliphatic heterocycles. The molecule has 1 amide bonds. The second-order valence-electron chi connectivity index (χ2n) is 4.95. The van der Waals surface area contributed by atoms with E-state index in [4.69, 9.17) is 27.9 Å². The van der Waals surface area contributed by atoms with Crippen LogP contribution in [0.4, 0.5) is 5.69 Å². The lowest BCUT2D eigenvalue weighted by molar-refractivity contribution is -0.145. The zero-order valence-corrected chi connectivity index (χ0v) is 12.1. The van der Waals surface area contributed by atoms with Crippen LogP contribution in [-0.2, 0) is 14.3 Å². The standard InChI is InChI=1S/C14H11Cl2NO4/c15-6-1-2-8(7(16)5-6)17-13(18)11-9-3-4-10(21-9)12(11)14(19)20/h1-5,9-12H,(H,17,18)(H,19,20)/t9-,10-,11+,12-/m0/s1. The third-order valence-electron chi connectivity index (χ3n) is 3.68. The zero-order valence-electron chi connectivity index (χ0n) is 10.6. The lowest BCUT2D eigenvalue weighted by Crippen LogP contribution is -2.39. The number of benzene rings is 1. The van der Waals surface area contributed by atoms with Crippen molar-refractivity contribution in [1.29, 1.82) is 0 Å². The van der Waals surface area contributed by atoms with E-state index in [0.29, 0.717) is 15.7 Å². The highest BCUT2D eigenvalue weighted by Gasteiger charge is 2.53. The molecule has 5 nitrogen and oxygen atoms in total. The molecule has 0 aliphatic carbocycles. The molecular formula is C14H11Cl2NO4. The average molecular weight is 328 g/mol. The second kappa shape index (κ2) is 5.33. The zero-order chi connectivity index (χ0) is 15.1. The molecular weight excluding hydrogens is 317 g/mol. The van der Waals surface area contributed by atoms with Gasteiger partial charge in [-0.05, 0) is 18.2 Å². The summed E-state index contributed by atoms with van der Waals surface area (Å²) in [5, 5.41) is 12.7. The molecule has 1 aromatic carbocycles. The summed E-state index contributed by atoms with van der Waals surface area (Å²) in [6.07, 6.45) is 2.34. The van der Waals surface area contributed by atoms with Crippen molar-refractivity contribution in [3.05, 3.63) is 40.4 Å². The van der Waals surface area contributed by atoms with Crippen molar-refractivity contribution < 1.29 is 19.4 Å². The number of carboxylic acids is 1. The predicted molar refractivity (Wildman–Crippen MR) is 77.5 cm³/mol. The van der Waals surface area contributed by atoms with Crippen LogP contribution in [0.25, 0.3) is 0 Å². The monoisotopic (exact) mass is 327 g/mol.